The molecule has 10 nitrogen and oxygen atoms in total. The molecule has 0 atom stereocenters. The summed E-state index contributed by atoms with van der Waals surface area (Å²) in [6, 6.07) is 5.50. The molecule has 4 aromatic rings. The van der Waals surface area contributed by atoms with Crippen LogP contribution in [0.5, 0.6) is 0 Å². The second-order valence-electron chi connectivity index (χ2n) is 9.22. The number of carbonyl (C=O) groups excluding carboxylic acids is 2. The van der Waals surface area contributed by atoms with Crippen LogP contribution >= 0.6 is 0 Å². The van der Waals surface area contributed by atoms with E-state index in [1.54, 1.807) is 0 Å². The lowest BCUT2D eigenvalue weighted by molar-refractivity contribution is -0.201. The average Bonchev–Trinajstić information content (AvgIpc) is 3.36. The molecule has 248 valence electrons. The van der Waals surface area contributed by atoms with Crippen molar-refractivity contribution in [3.8, 4) is 11.1 Å². The summed E-state index contributed by atoms with van der Waals surface area (Å²) >= 11 is 0. The first-order chi connectivity index (χ1) is 21.8. The maximum absolute atomic E-state index is 15.0. The monoisotopic (exact) mass is 677 g/mol. The van der Waals surface area contributed by atoms with E-state index in [2.05, 4.69) is 37.1 Å². The van der Waals surface area contributed by atoms with Gasteiger partial charge in [-0.1, -0.05) is 18.7 Å². The van der Waals surface area contributed by atoms with Crippen molar-refractivity contribution in [2.75, 3.05) is 15.7 Å². The maximum atomic E-state index is 15.0. The van der Waals surface area contributed by atoms with E-state index in [1.165, 1.54) is 7.05 Å². The Hall–Kier alpha value is -5.69. The lowest BCUT2D eigenvalue weighted by Gasteiger charge is -2.21. The molecule has 2 heterocycles. The van der Waals surface area contributed by atoms with Crippen LogP contribution in [0.15, 0.2) is 67.5 Å². The number of benzene rings is 2. The molecule has 0 aliphatic carbocycles. The van der Waals surface area contributed by atoms with E-state index >= 15 is 4.39 Å². The Bertz CT molecular complexity index is 1820. The van der Waals surface area contributed by atoms with Gasteiger partial charge in [0.05, 0.1) is 22.6 Å². The van der Waals surface area contributed by atoms with Crippen LogP contribution in [0.4, 0.5) is 72.7 Å². The van der Waals surface area contributed by atoms with E-state index in [1.807, 2.05) is 0 Å². The van der Waals surface area contributed by atoms with Crippen molar-refractivity contribution in [3.05, 3.63) is 84.6 Å². The predicted octanol–water partition coefficient (Wildman–Crippen LogP) is 7.08. The summed E-state index contributed by atoms with van der Waals surface area (Å²) in [7, 11) is 1.20. The summed E-state index contributed by atoms with van der Waals surface area (Å²) in [5.41, 5.74) is -4.41. The Morgan fingerprint density at radius 1 is 0.936 bits per heavy atom. The number of nitrogens with zero attached hydrogens (tertiary/aromatic N) is 5. The molecule has 0 radical (unpaired) electrons. The highest BCUT2D eigenvalue weighted by atomic mass is 19.4. The van der Waals surface area contributed by atoms with E-state index in [-0.39, 0.29) is 16.2 Å². The molecular formula is C27H17F10N7O3. The van der Waals surface area contributed by atoms with Gasteiger partial charge in [-0.2, -0.15) is 49.6 Å². The Labute approximate surface area is 256 Å². The van der Waals surface area contributed by atoms with Gasteiger partial charge in [-0.05, 0) is 42.0 Å². The summed E-state index contributed by atoms with van der Waals surface area (Å²) in [4.78, 5) is 35.7. The zero-order valence-corrected chi connectivity index (χ0v) is 23.2. The molecule has 0 unspecified atom stereocenters. The van der Waals surface area contributed by atoms with Gasteiger partial charge in [0.25, 0.3) is 5.91 Å². The van der Waals surface area contributed by atoms with Gasteiger partial charge < -0.3 is 15.5 Å². The Kier molecular flexibility index (Phi) is 9.17. The summed E-state index contributed by atoms with van der Waals surface area (Å²) < 4.78 is 134. The molecule has 4 rings (SSSR count). The minimum atomic E-state index is -5.54. The number of hydroxylamine groups is 1. The van der Waals surface area contributed by atoms with E-state index in [0.717, 1.165) is 35.3 Å². The van der Waals surface area contributed by atoms with Crippen LogP contribution in [-0.2, 0) is 33.8 Å². The first-order valence-corrected chi connectivity index (χ1v) is 12.5. The third-order valence-electron chi connectivity index (χ3n) is 5.87. The number of amides is 1. The minimum absolute atomic E-state index is 0.00328. The lowest BCUT2D eigenvalue weighted by Crippen LogP contribution is -2.38. The van der Waals surface area contributed by atoms with Gasteiger partial charge in [-0.3, -0.25) is 9.48 Å². The van der Waals surface area contributed by atoms with Gasteiger partial charge in [0.2, 0.25) is 5.95 Å². The number of aromatic nitrogens is 4. The third-order valence-corrected chi connectivity index (χ3v) is 5.87. The Morgan fingerprint density at radius 2 is 1.60 bits per heavy atom. The van der Waals surface area contributed by atoms with Gasteiger partial charge in [0.15, 0.2) is 5.69 Å². The van der Waals surface area contributed by atoms with Gasteiger partial charge >= 0.3 is 24.5 Å². The molecule has 0 saturated heterocycles. The molecule has 20 heteroatoms. The largest absolute Gasteiger partial charge is 0.493 e. The van der Waals surface area contributed by atoms with E-state index in [9.17, 15) is 49.1 Å². The normalized spacial score (nSPS) is 12.0. The second-order valence-corrected chi connectivity index (χ2v) is 9.22. The molecule has 0 fully saturated rings. The molecule has 2 aromatic carbocycles. The minimum Gasteiger partial charge on any atom is -0.337 e. The SMILES string of the molecule is C=CC(=O)N(OC(=O)C(F)(F)F)c1ccc(F)c(Nc2nc(Nc3cn(C)nc3C(F)(F)F)ncc2-c2ccc(C(F)(F)F)cc2)c1. The van der Waals surface area contributed by atoms with E-state index < -0.39 is 76.3 Å². The van der Waals surface area contributed by atoms with Crippen LogP contribution in [0.3, 0.4) is 0 Å². The molecule has 0 bridgehead atoms. The number of aryl methyl sites for hydroxylation is 1. The van der Waals surface area contributed by atoms with Crippen molar-refractivity contribution in [3.63, 3.8) is 0 Å². The molecule has 0 saturated carbocycles. The fourth-order valence-corrected chi connectivity index (χ4v) is 3.80. The zero-order chi connectivity index (χ0) is 34.9. The fourth-order valence-electron chi connectivity index (χ4n) is 3.80. The summed E-state index contributed by atoms with van der Waals surface area (Å²) in [5, 5.41) is 7.92. The summed E-state index contributed by atoms with van der Waals surface area (Å²) in [6.45, 7) is 3.09. The standard InChI is InChI=1S/C27H17F10N7O3/c1-3-20(45)44(47-23(46)27(35,36)37)15-8-9-17(28)18(10-15)39-22-16(13-4-6-14(7-5-13)25(29,30)31)11-38-24(41-22)40-19-12-43(2)42-21(19)26(32,33)34/h3-12H,1H2,2H3,(H2,38,39,40,41). The average molecular weight is 677 g/mol. The van der Waals surface area contributed by atoms with E-state index in [0.29, 0.717) is 30.3 Å². The summed E-state index contributed by atoms with van der Waals surface area (Å²) in [6.07, 6.45) is -12.8. The third kappa shape index (κ3) is 7.94. The van der Waals surface area contributed by atoms with Crippen LogP contribution in [-0.4, -0.2) is 37.8 Å². The molecule has 0 aliphatic rings. The fraction of sp³-hybridized carbons (Fsp3) is 0.148. The highest BCUT2D eigenvalue weighted by Gasteiger charge is 2.43. The molecule has 0 spiro atoms. The van der Waals surface area contributed by atoms with Gasteiger partial charge in [0, 0.05) is 25.0 Å². The first kappa shape index (κ1) is 34.2. The smallest absolute Gasteiger partial charge is 0.337 e. The highest BCUT2D eigenvalue weighted by Crippen LogP contribution is 2.37. The Morgan fingerprint density at radius 3 is 2.17 bits per heavy atom. The van der Waals surface area contributed by atoms with E-state index in [4.69, 9.17) is 0 Å². The molecular weight excluding hydrogens is 660 g/mol. The van der Waals surface area contributed by atoms with Crippen molar-refractivity contribution >= 4 is 40.7 Å². The lowest BCUT2D eigenvalue weighted by atomic mass is 10.1. The quantitative estimate of drug-likeness (QED) is 0.121. The van der Waals surface area contributed by atoms with Gasteiger partial charge in [-0.15, -0.1) is 5.06 Å². The van der Waals surface area contributed by atoms with Crippen LogP contribution in [0.2, 0.25) is 0 Å². The maximum Gasteiger partial charge on any atom is 0.493 e. The molecule has 1 amide bonds. The summed E-state index contributed by atoms with van der Waals surface area (Å²) in [5.74, 6) is -6.31. The van der Waals surface area contributed by atoms with Crippen LogP contribution in [0.1, 0.15) is 11.3 Å². The number of carbonyl (C=O) groups is 2. The number of nitrogens with one attached hydrogen (secondary N) is 2. The van der Waals surface area contributed by atoms with Crippen LogP contribution in [0, 0.1) is 5.82 Å². The van der Waals surface area contributed by atoms with Crippen LogP contribution < -0.4 is 15.7 Å². The number of rotatable bonds is 7. The molecule has 2 N–H and O–H groups in total. The first-order valence-electron chi connectivity index (χ1n) is 12.5. The number of hydrogen-bond donors (Lipinski definition) is 2. The van der Waals surface area contributed by atoms with Crippen molar-refractivity contribution in [1.82, 2.24) is 19.7 Å². The zero-order valence-electron chi connectivity index (χ0n) is 23.2. The number of hydrogen-bond acceptors (Lipinski definition) is 8. The predicted molar refractivity (Wildman–Crippen MR) is 143 cm³/mol. The molecule has 0 aliphatic heterocycles. The van der Waals surface area contributed by atoms with Crippen LogP contribution in [0.25, 0.3) is 11.1 Å². The topological polar surface area (TPSA) is 114 Å². The molecule has 2 aromatic heterocycles. The number of anilines is 5. The highest BCUT2D eigenvalue weighted by molar-refractivity contribution is 6.01. The van der Waals surface area contributed by atoms with Gasteiger partial charge in [-0.25, -0.2) is 14.2 Å². The number of halogens is 10. The van der Waals surface area contributed by atoms with Crippen molar-refractivity contribution < 1.29 is 58.3 Å². The van der Waals surface area contributed by atoms with Gasteiger partial charge in [0.1, 0.15) is 11.6 Å². The molecule has 47 heavy (non-hydrogen) atoms. The Balaban J connectivity index is 1.81. The number of alkyl halides is 9. The van der Waals surface area contributed by atoms with Crippen molar-refractivity contribution in [1.29, 1.82) is 0 Å². The second kappa shape index (κ2) is 12.6. The van der Waals surface area contributed by atoms with Crippen molar-refractivity contribution in [2.45, 2.75) is 18.5 Å². The van der Waals surface area contributed by atoms with Crippen molar-refractivity contribution in [2.24, 2.45) is 7.05 Å².